The van der Waals surface area contributed by atoms with Gasteiger partial charge in [0.25, 0.3) is 0 Å². The minimum absolute atomic E-state index is 0.0204. The zero-order valence-corrected chi connectivity index (χ0v) is 9.21. The molecule has 16 heavy (non-hydrogen) atoms. The predicted molar refractivity (Wildman–Crippen MR) is 60.0 cm³/mol. The van der Waals surface area contributed by atoms with Gasteiger partial charge >= 0.3 is 0 Å². The van der Waals surface area contributed by atoms with Gasteiger partial charge in [0.15, 0.2) is 0 Å². The Kier molecular flexibility index (Phi) is 3.69. The number of hydrogen-bond donors (Lipinski definition) is 2. The van der Waals surface area contributed by atoms with E-state index in [4.69, 9.17) is 10.2 Å². The molecule has 1 aromatic rings. The molecule has 1 fully saturated rings. The highest BCUT2D eigenvalue weighted by Crippen LogP contribution is 2.22. The summed E-state index contributed by atoms with van der Waals surface area (Å²) in [5.41, 5.74) is 0.731. The van der Waals surface area contributed by atoms with E-state index in [1.807, 2.05) is 0 Å². The largest absolute Gasteiger partial charge is 0.396 e. The lowest BCUT2D eigenvalue weighted by molar-refractivity contribution is 0.263. The first-order valence-electron chi connectivity index (χ1n) is 5.61. The summed E-state index contributed by atoms with van der Waals surface area (Å²) in [5.74, 6) is 1.27. The maximum absolute atomic E-state index is 8.88. The van der Waals surface area contributed by atoms with Crippen molar-refractivity contribution >= 4 is 5.95 Å². The van der Waals surface area contributed by atoms with Crippen LogP contribution < -0.4 is 4.90 Å². The lowest BCUT2D eigenvalue weighted by Gasteiger charge is -2.15. The van der Waals surface area contributed by atoms with E-state index in [0.717, 1.165) is 37.4 Å². The quantitative estimate of drug-likeness (QED) is 0.762. The molecular weight excluding hydrogens is 206 g/mol. The van der Waals surface area contributed by atoms with Gasteiger partial charge in [-0.05, 0) is 18.8 Å². The van der Waals surface area contributed by atoms with Crippen molar-refractivity contribution in [3.63, 3.8) is 0 Å². The van der Waals surface area contributed by atoms with Crippen molar-refractivity contribution in [2.75, 3.05) is 24.6 Å². The molecule has 0 aliphatic carbocycles. The van der Waals surface area contributed by atoms with Gasteiger partial charge in [0, 0.05) is 37.7 Å². The van der Waals surface area contributed by atoms with E-state index in [0.29, 0.717) is 5.92 Å². The first-order valence-corrected chi connectivity index (χ1v) is 5.61. The van der Waals surface area contributed by atoms with Crippen LogP contribution in [0, 0.1) is 5.92 Å². The second kappa shape index (κ2) is 5.23. The number of anilines is 1. The molecule has 0 spiro atoms. The van der Waals surface area contributed by atoms with Gasteiger partial charge in [-0.15, -0.1) is 0 Å². The summed E-state index contributed by atoms with van der Waals surface area (Å²) in [4.78, 5) is 10.6. The minimum Gasteiger partial charge on any atom is -0.396 e. The molecule has 1 aliphatic rings. The van der Waals surface area contributed by atoms with Gasteiger partial charge in [0.1, 0.15) is 0 Å². The highest BCUT2D eigenvalue weighted by atomic mass is 16.3. The van der Waals surface area contributed by atoms with Gasteiger partial charge in [-0.3, -0.25) is 0 Å². The number of rotatable bonds is 4. The molecule has 5 heteroatoms. The van der Waals surface area contributed by atoms with Crippen LogP contribution in [0.3, 0.4) is 0 Å². The van der Waals surface area contributed by atoms with E-state index in [9.17, 15) is 0 Å². The zero-order valence-electron chi connectivity index (χ0n) is 9.21. The first kappa shape index (κ1) is 11.3. The van der Waals surface area contributed by atoms with Crippen LogP contribution in [-0.4, -0.2) is 39.9 Å². The molecule has 0 bridgehead atoms. The Morgan fingerprint density at radius 3 is 2.69 bits per heavy atom. The molecule has 1 aromatic heterocycles. The number of nitrogens with zero attached hydrogens (tertiary/aromatic N) is 3. The summed E-state index contributed by atoms with van der Waals surface area (Å²) >= 11 is 0. The first-order chi connectivity index (χ1) is 7.83. The molecule has 1 atom stereocenters. The van der Waals surface area contributed by atoms with Crippen LogP contribution in [0.5, 0.6) is 0 Å². The molecular formula is C11H17N3O2. The monoisotopic (exact) mass is 223 g/mol. The molecule has 0 radical (unpaired) electrons. The van der Waals surface area contributed by atoms with Crippen molar-refractivity contribution in [2.24, 2.45) is 5.92 Å². The van der Waals surface area contributed by atoms with Crippen LogP contribution in [0.4, 0.5) is 5.95 Å². The van der Waals surface area contributed by atoms with Crippen molar-refractivity contribution in [2.45, 2.75) is 19.4 Å². The second-order valence-electron chi connectivity index (χ2n) is 4.16. The fraction of sp³-hybridized carbons (Fsp3) is 0.636. The molecule has 0 saturated carbocycles. The maximum Gasteiger partial charge on any atom is 0.225 e. The molecule has 0 aromatic carbocycles. The molecule has 1 aliphatic heterocycles. The molecule has 2 rings (SSSR count). The van der Waals surface area contributed by atoms with Gasteiger partial charge in [0.05, 0.1) is 6.61 Å². The molecule has 5 nitrogen and oxygen atoms in total. The van der Waals surface area contributed by atoms with Crippen molar-refractivity contribution < 1.29 is 10.2 Å². The summed E-state index contributed by atoms with van der Waals surface area (Å²) in [6.07, 6.45) is 5.25. The van der Waals surface area contributed by atoms with Gasteiger partial charge in [0.2, 0.25) is 5.95 Å². The van der Waals surface area contributed by atoms with E-state index in [1.165, 1.54) is 0 Å². The number of aromatic nitrogens is 2. The lowest BCUT2D eigenvalue weighted by Crippen LogP contribution is -2.22. The van der Waals surface area contributed by atoms with Crippen molar-refractivity contribution in [3.8, 4) is 0 Å². The highest BCUT2D eigenvalue weighted by molar-refractivity contribution is 5.31. The van der Waals surface area contributed by atoms with Crippen molar-refractivity contribution in [3.05, 3.63) is 18.0 Å². The summed E-state index contributed by atoms with van der Waals surface area (Å²) in [6.45, 7) is 2.10. The third kappa shape index (κ3) is 2.48. The number of aliphatic hydroxyl groups is 2. The SMILES string of the molecule is OCCC1CCN(c2ncc(CO)cn2)C1. The Hall–Kier alpha value is -1.20. The Bertz CT molecular complexity index is 329. The topological polar surface area (TPSA) is 69.5 Å². The maximum atomic E-state index is 8.88. The van der Waals surface area contributed by atoms with Crippen LogP contribution in [0.1, 0.15) is 18.4 Å². The standard InChI is InChI=1S/C11H17N3O2/c15-4-2-9-1-3-14(7-9)11-12-5-10(8-16)6-13-11/h5-6,9,15-16H,1-4,7-8H2. The van der Waals surface area contributed by atoms with E-state index < -0.39 is 0 Å². The van der Waals surface area contributed by atoms with Crippen LogP contribution in [0.2, 0.25) is 0 Å². The number of hydrogen-bond acceptors (Lipinski definition) is 5. The summed E-state index contributed by atoms with van der Waals surface area (Å²) in [5, 5.41) is 17.8. The van der Waals surface area contributed by atoms with E-state index >= 15 is 0 Å². The third-order valence-electron chi connectivity index (χ3n) is 2.98. The Morgan fingerprint density at radius 1 is 1.31 bits per heavy atom. The molecule has 2 N–H and O–H groups in total. The second-order valence-corrected chi connectivity index (χ2v) is 4.16. The van der Waals surface area contributed by atoms with Crippen LogP contribution in [0.25, 0.3) is 0 Å². The van der Waals surface area contributed by atoms with Crippen molar-refractivity contribution in [1.29, 1.82) is 0 Å². The van der Waals surface area contributed by atoms with E-state index in [2.05, 4.69) is 14.9 Å². The van der Waals surface area contributed by atoms with Gasteiger partial charge in [-0.1, -0.05) is 0 Å². The summed E-state index contributed by atoms with van der Waals surface area (Å²) < 4.78 is 0. The molecule has 0 amide bonds. The Labute approximate surface area is 94.8 Å². The molecule has 1 unspecified atom stereocenters. The molecule has 88 valence electrons. The van der Waals surface area contributed by atoms with Crippen LogP contribution in [0.15, 0.2) is 12.4 Å². The minimum atomic E-state index is -0.0204. The summed E-state index contributed by atoms with van der Waals surface area (Å²) in [7, 11) is 0. The Balaban J connectivity index is 1.97. The van der Waals surface area contributed by atoms with Crippen molar-refractivity contribution in [1.82, 2.24) is 9.97 Å². The van der Waals surface area contributed by atoms with Gasteiger partial charge in [-0.2, -0.15) is 0 Å². The van der Waals surface area contributed by atoms with E-state index in [1.54, 1.807) is 12.4 Å². The van der Waals surface area contributed by atoms with Gasteiger partial charge in [-0.25, -0.2) is 9.97 Å². The van der Waals surface area contributed by atoms with Gasteiger partial charge < -0.3 is 15.1 Å². The highest BCUT2D eigenvalue weighted by Gasteiger charge is 2.23. The lowest BCUT2D eigenvalue weighted by atomic mass is 10.1. The summed E-state index contributed by atoms with van der Waals surface area (Å²) in [6, 6.07) is 0. The zero-order chi connectivity index (χ0) is 11.4. The average Bonchev–Trinajstić information content (AvgIpc) is 2.78. The number of aliphatic hydroxyl groups excluding tert-OH is 2. The molecule has 2 heterocycles. The average molecular weight is 223 g/mol. The Morgan fingerprint density at radius 2 is 2.06 bits per heavy atom. The third-order valence-corrected chi connectivity index (χ3v) is 2.98. The predicted octanol–water partition coefficient (Wildman–Crippen LogP) is 0.178. The molecule has 1 saturated heterocycles. The van der Waals surface area contributed by atoms with Crippen LogP contribution >= 0.6 is 0 Å². The van der Waals surface area contributed by atoms with E-state index in [-0.39, 0.29) is 13.2 Å². The fourth-order valence-electron chi connectivity index (χ4n) is 2.03. The van der Waals surface area contributed by atoms with Crippen LogP contribution in [-0.2, 0) is 6.61 Å². The smallest absolute Gasteiger partial charge is 0.225 e. The normalized spacial score (nSPS) is 20.4. The fourth-order valence-corrected chi connectivity index (χ4v) is 2.03.